The molecule has 0 fully saturated rings. The van der Waals surface area contributed by atoms with E-state index in [0.717, 1.165) is 0 Å². The zero-order valence-corrected chi connectivity index (χ0v) is 37.1. The van der Waals surface area contributed by atoms with Gasteiger partial charge in [-0.05, 0) is 54.4 Å². The first-order valence-electron chi connectivity index (χ1n) is 17.1. The normalized spacial score (nSPS) is 13.1. The number of amides is 1. The molecule has 320 valence electrons. The Balaban J connectivity index is 0.000000312. The first-order valence-corrected chi connectivity index (χ1v) is 23.2. The first-order chi connectivity index (χ1) is 27.0. The fraction of sp³-hybridized carbons (Fsp3) is 0.500. The molecule has 4 aromatic heterocycles. The standard InChI is InChI=1S/C15H20ClN4O4P.C10H12ClN5O2.C9H17O5P/c1-10-18-12(16)11-13(19-10)20(9-17-11)7-5-6-8-24-15(14(21)23-2)25(3,4)22;1-10(2,3)18-9(17)16-8-14-6(11)5-7(15-8)13-4-12-5;1-13-8(11)9(15(2,3)12)14-7-5-4-6-10/h5-6,9,15H,7-8H2,1-4H3;4H,1-3H3,(H2,12,13,14,15,16,17);4-5,9-10H,6-7H2,1-3H3/b6-5-;;5-4-. The molecule has 4 aromatic rings. The number of ether oxygens (including phenoxy) is 5. The van der Waals surface area contributed by atoms with Crippen molar-refractivity contribution >= 4 is 83.8 Å². The van der Waals surface area contributed by atoms with Gasteiger partial charge in [0.2, 0.25) is 17.6 Å². The van der Waals surface area contributed by atoms with Gasteiger partial charge in [-0.25, -0.2) is 34.3 Å². The highest BCUT2D eigenvalue weighted by molar-refractivity contribution is 7.64. The van der Waals surface area contributed by atoms with Crippen molar-refractivity contribution in [1.82, 2.24) is 39.5 Å². The van der Waals surface area contributed by atoms with E-state index in [4.69, 9.17) is 42.5 Å². The molecule has 2 unspecified atom stereocenters. The Kier molecular flexibility index (Phi) is 19.6. The number of H-pyrrole nitrogens is 1. The number of aromatic nitrogens is 8. The molecule has 0 bridgehead atoms. The van der Waals surface area contributed by atoms with Gasteiger partial charge in [-0.2, -0.15) is 9.97 Å². The van der Waals surface area contributed by atoms with Gasteiger partial charge in [0, 0.05) is 6.54 Å². The monoisotopic (exact) mass is 891 g/mol. The molecular weight excluding hydrogens is 843 g/mol. The average Bonchev–Trinajstić information content (AvgIpc) is 3.75. The van der Waals surface area contributed by atoms with Crippen LogP contribution in [0.2, 0.25) is 10.3 Å². The topological polar surface area (TPSA) is 262 Å². The molecule has 0 saturated carbocycles. The third kappa shape index (κ3) is 16.5. The predicted molar refractivity (Wildman–Crippen MR) is 219 cm³/mol. The minimum absolute atomic E-state index is 0.0499. The van der Waals surface area contributed by atoms with Gasteiger partial charge in [0.05, 0.1) is 46.7 Å². The summed E-state index contributed by atoms with van der Waals surface area (Å²) in [4.78, 5) is 61.6. The number of nitrogens with one attached hydrogen (secondary N) is 2. The van der Waals surface area contributed by atoms with Crippen molar-refractivity contribution in [2.75, 3.05) is 66.0 Å². The number of aromatic amines is 1. The SMILES string of the molecule is CC(C)(C)OC(=O)Nc1nc(Cl)c2[nH]cnc2n1.COC(=O)C(OC/C=C\CO)P(C)(C)=O.COC(=O)C(OC/C=C\Cn1cnc2c(Cl)nc(C)nc21)P(C)(C)=O. The molecule has 0 radical (unpaired) electrons. The Hall–Kier alpha value is -4.29. The van der Waals surface area contributed by atoms with Gasteiger partial charge >= 0.3 is 18.0 Å². The number of nitrogens with zero attached hydrogens (tertiary/aromatic N) is 7. The Morgan fingerprint density at radius 3 is 1.97 bits per heavy atom. The number of carbonyl (C=O) groups excluding carboxylic acids is 3. The van der Waals surface area contributed by atoms with Crippen molar-refractivity contribution in [2.45, 2.75) is 51.5 Å². The van der Waals surface area contributed by atoms with Gasteiger partial charge in [-0.3, -0.25) is 5.32 Å². The average molecular weight is 893 g/mol. The van der Waals surface area contributed by atoms with Crippen LogP contribution in [0, 0.1) is 6.92 Å². The largest absolute Gasteiger partial charge is 0.467 e. The number of imidazole rings is 2. The summed E-state index contributed by atoms with van der Waals surface area (Å²) in [5.41, 5.74) is 1.49. The molecule has 4 heterocycles. The van der Waals surface area contributed by atoms with Gasteiger partial charge in [-0.1, -0.05) is 47.5 Å². The summed E-state index contributed by atoms with van der Waals surface area (Å²) in [5, 5.41) is 11.4. The molecule has 0 aliphatic carbocycles. The lowest BCUT2D eigenvalue weighted by molar-refractivity contribution is -0.149. The lowest BCUT2D eigenvalue weighted by Gasteiger charge is -2.19. The molecule has 0 saturated heterocycles. The fourth-order valence-corrected chi connectivity index (χ4v) is 6.88. The number of hydrogen-bond acceptors (Lipinski definition) is 17. The highest BCUT2D eigenvalue weighted by Crippen LogP contribution is 2.44. The lowest BCUT2D eigenvalue weighted by Crippen LogP contribution is -2.27. The molecule has 1 amide bonds. The lowest BCUT2D eigenvalue weighted by atomic mass is 10.2. The number of aryl methyl sites for hydroxylation is 1. The van der Waals surface area contributed by atoms with E-state index in [0.29, 0.717) is 39.9 Å². The molecule has 0 aliphatic rings. The number of anilines is 1. The molecular formula is C34H49Cl2N9O11P2. The van der Waals surface area contributed by atoms with E-state index in [-0.39, 0.29) is 30.9 Å². The van der Waals surface area contributed by atoms with Crippen LogP contribution in [-0.4, -0.2) is 141 Å². The number of hydrogen-bond donors (Lipinski definition) is 3. The van der Waals surface area contributed by atoms with Gasteiger partial charge in [0.15, 0.2) is 21.6 Å². The van der Waals surface area contributed by atoms with Crippen molar-refractivity contribution in [2.24, 2.45) is 0 Å². The second kappa shape index (κ2) is 22.8. The third-order valence-corrected chi connectivity index (χ3v) is 10.3. The van der Waals surface area contributed by atoms with Crippen LogP contribution in [-0.2, 0) is 48.9 Å². The molecule has 58 heavy (non-hydrogen) atoms. The van der Waals surface area contributed by atoms with E-state index in [1.807, 2.05) is 10.6 Å². The van der Waals surface area contributed by atoms with Gasteiger partial charge < -0.3 is 47.5 Å². The predicted octanol–water partition coefficient (Wildman–Crippen LogP) is 5.51. The van der Waals surface area contributed by atoms with Crippen LogP contribution in [0.25, 0.3) is 22.3 Å². The van der Waals surface area contributed by atoms with Crippen molar-refractivity contribution in [1.29, 1.82) is 0 Å². The Morgan fingerprint density at radius 2 is 1.45 bits per heavy atom. The summed E-state index contributed by atoms with van der Waals surface area (Å²) in [5.74, 6) is -2.76. The fourth-order valence-electron chi connectivity index (χ4n) is 4.29. The molecule has 0 spiro atoms. The van der Waals surface area contributed by atoms with Crippen LogP contribution in [0.3, 0.4) is 0 Å². The number of carbonyl (C=O) groups is 3. The summed E-state index contributed by atoms with van der Waals surface area (Å²) >= 11 is 12.0. The number of methoxy groups -OCH3 is 2. The number of allylic oxidation sites excluding steroid dienone is 1. The quantitative estimate of drug-likeness (QED) is 0.0463. The van der Waals surface area contributed by atoms with Crippen molar-refractivity contribution in [3.05, 3.63) is 53.1 Å². The number of esters is 2. The first kappa shape index (κ1) is 49.9. The van der Waals surface area contributed by atoms with Crippen LogP contribution >= 0.6 is 37.5 Å². The zero-order valence-electron chi connectivity index (χ0n) is 33.8. The number of rotatable bonds is 14. The summed E-state index contributed by atoms with van der Waals surface area (Å²) in [6, 6.07) is 0. The van der Waals surface area contributed by atoms with E-state index in [9.17, 15) is 23.5 Å². The second-order valence-electron chi connectivity index (χ2n) is 13.6. The Labute approximate surface area is 345 Å². The molecule has 3 N–H and O–H groups in total. The van der Waals surface area contributed by atoms with E-state index >= 15 is 0 Å². The van der Waals surface area contributed by atoms with Crippen molar-refractivity contribution in [3.63, 3.8) is 0 Å². The Bertz CT molecular complexity index is 2160. The summed E-state index contributed by atoms with van der Waals surface area (Å²) in [7, 11) is -3.00. The number of aliphatic hydroxyl groups excluding tert-OH is 1. The number of halogens is 2. The summed E-state index contributed by atoms with van der Waals surface area (Å²) in [6.07, 6.45) is 9.01. The highest BCUT2D eigenvalue weighted by atomic mass is 35.5. The van der Waals surface area contributed by atoms with Gasteiger partial charge in [0.1, 0.15) is 36.7 Å². The summed E-state index contributed by atoms with van der Waals surface area (Å²) < 4.78 is 50.3. The minimum Gasteiger partial charge on any atom is -0.467 e. The molecule has 0 aliphatic heterocycles. The van der Waals surface area contributed by atoms with Crippen molar-refractivity contribution in [3.8, 4) is 0 Å². The number of fused-ring (bicyclic) bond motifs is 2. The van der Waals surface area contributed by atoms with E-state index in [1.165, 1.54) is 53.3 Å². The Morgan fingerprint density at radius 1 is 0.879 bits per heavy atom. The third-order valence-electron chi connectivity index (χ3n) is 6.76. The van der Waals surface area contributed by atoms with Gasteiger partial charge in [0.25, 0.3) is 0 Å². The van der Waals surface area contributed by atoms with Gasteiger partial charge in [-0.15, -0.1) is 0 Å². The highest BCUT2D eigenvalue weighted by Gasteiger charge is 2.33. The van der Waals surface area contributed by atoms with Crippen LogP contribution in [0.4, 0.5) is 10.7 Å². The van der Waals surface area contributed by atoms with Crippen LogP contribution in [0.1, 0.15) is 26.6 Å². The zero-order chi connectivity index (χ0) is 43.8. The summed E-state index contributed by atoms with van der Waals surface area (Å²) in [6.45, 7) is 13.6. The van der Waals surface area contributed by atoms with E-state index < -0.39 is 49.6 Å². The maximum Gasteiger partial charge on any atom is 0.414 e. The van der Waals surface area contributed by atoms with Crippen LogP contribution in [0.15, 0.2) is 37.0 Å². The van der Waals surface area contributed by atoms with Crippen LogP contribution in [0.5, 0.6) is 0 Å². The van der Waals surface area contributed by atoms with E-state index in [2.05, 4.69) is 49.7 Å². The molecule has 2 atom stereocenters. The van der Waals surface area contributed by atoms with Crippen LogP contribution < -0.4 is 5.32 Å². The smallest absolute Gasteiger partial charge is 0.414 e. The molecule has 0 aromatic carbocycles. The molecule has 4 rings (SSSR count). The maximum atomic E-state index is 12.1. The van der Waals surface area contributed by atoms with Crippen molar-refractivity contribution < 1.29 is 52.3 Å². The number of aliphatic hydroxyl groups is 1. The molecule has 24 heteroatoms. The minimum atomic E-state index is -2.77. The molecule has 20 nitrogen and oxygen atoms in total. The second-order valence-corrected chi connectivity index (χ2v) is 21.0. The van der Waals surface area contributed by atoms with E-state index in [1.54, 1.807) is 46.2 Å². The maximum absolute atomic E-state index is 12.1.